The van der Waals surface area contributed by atoms with Gasteiger partial charge in [-0.05, 0) is 6.08 Å². The van der Waals surface area contributed by atoms with E-state index in [1.807, 2.05) is 0 Å². The maximum absolute atomic E-state index is 5.65. The molecule has 0 unspecified atom stereocenters. The summed E-state index contributed by atoms with van der Waals surface area (Å²) in [7, 11) is 0. The molecular weight excluding hydrogens is 210 g/mol. The summed E-state index contributed by atoms with van der Waals surface area (Å²) in [6.07, 6.45) is 1.89. The van der Waals surface area contributed by atoms with Gasteiger partial charge in [-0.15, -0.1) is 0 Å². The molecule has 0 aromatic carbocycles. The Hall–Kier alpha value is -0.620. The van der Waals surface area contributed by atoms with E-state index >= 15 is 0 Å². The van der Waals surface area contributed by atoms with Gasteiger partial charge in [0.15, 0.2) is 6.29 Å². The highest BCUT2D eigenvalue weighted by atomic mass is 16.7. The standard InChI is InChI=1S/C11H17NO4/c1-3-13-4-2-12(1)9-7-10-11(16-8-9)15-6-5-14-10/h7,10-11H,1-6,8H2/t10-,11+/m0/s1. The molecule has 0 saturated carbocycles. The zero-order valence-electron chi connectivity index (χ0n) is 9.26. The first-order valence-corrected chi connectivity index (χ1v) is 5.82. The zero-order chi connectivity index (χ0) is 10.8. The van der Waals surface area contributed by atoms with E-state index in [2.05, 4.69) is 11.0 Å². The molecule has 3 aliphatic rings. The van der Waals surface area contributed by atoms with E-state index in [9.17, 15) is 0 Å². The van der Waals surface area contributed by atoms with Crippen LogP contribution in [-0.2, 0) is 18.9 Å². The van der Waals surface area contributed by atoms with Crippen LogP contribution in [0.15, 0.2) is 11.8 Å². The van der Waals surface area contributed by atoms with Crippen LogP contribution in [0.5, 0.6) is 0 Å². The molecule has 2 fully saturated rings. The summed E-state index contributed by atoms with van der Waals surface area (Å²) < 4.78 is 22.1. The zero-order valence-corrected chi connectivity index (χ0v) is 9.26. The molecule has 3 rings (SSSR count). The minimum absolute atomic E-state index is 0.0413. The predicted octanol–water partition coefficient (Wildman–Crippen LogP) is -0.0258. The fraction of sp³-hybridized carbons (Fsp3) is 0.818. The fourth-order valence-corrected chi connectivity index (χ4v) is 2.24. The second-order valence-electron chi connectivity index (χ2n) is 4.14. The van der Waals surface area contributed by atoms with Crippen molar-refractivity contribution in [2.75, 3.05) is 46.1 Å². The average Bonchev–Trinajstić information content (AvgIpc) is 2.39. The Bertz CT molecular complexity index is 275. The lowest BCUT2D eigenvalue weighted by atomic mass is 10.2. The molecule has 3 aliphatic heterocycles. The summed E-state index contributed by atoms with van der Waals surface area (Å²) in [5.41, 5.74) is 1.20. The van der Waals surface area contributed by atoms with Crippen molar-refractivity contribution in [1.29, 1.82) is 0 Å². The Balaban J connectivity index is 1.68. The number of fused-ring (bicyclic) bond motifs is 1. The summed E-state index contributed by atoms with van der Waals surface area (Å²) in [5.74, 6) is 0. The predicted molar refractivity (Wildman–Crippen MR) is 55.9 cm³/mol. The van der Waals surface area contributed by atoms with Crippen molar-refractivity contribution in [2.24, 2.45) is 0 Å². The maximum Gasteiger partial charge on any atom is 0.187 e. The molecule has 0 N–H and O–H groups in total. The van der Waals surface area contributed by atoms with Crippen molar-refractivity contribution < 1.29 is 18.9 Å². The molecule has 5 heteroatoms. The van der Waals surface area contributed by atoms with Crippen LogP contribution in [0, 0.1) is 0 Å². The molecule has 0 radical (unpaired) electrons. The van der Waals surface area contributed by atoms with Crippen LogP contribution in [0.4, 0.5) is 0 Å². The van der Waals surface area contributed by atoms with Crippen molar-refractivity contribution in [2.45, 2.75) is 12.4 Å². The van der Waals surface area contributed by atoms with Crippen LogP contribution < -0.4 is 0 Å². The second-order valence-corrected chi connectivity index (χ2v) is 4.14. The van der Waals surface area contributed by atoms with Gasteiger partial charge in [-0.1, -0.05) is 0 Å². The van der Waals surface area contributed by atoms with Crippen molar-refractivity contribution in [3.05, 3.63) is 11.8 Å². The van der Waals surface area contributed by atoms with Gasteiger partial charge in [0.25, 0.3) is 0 Å². The Kier molecular flexibility index (Phi) is 3.10. The van der Waals surface area contributed by atoms with E-state index in [4.69, 9.17) is 18.9 Å². The lowest BCUT2D eigenvalue weighted by Gasteiger charge is -2.38. The van der Waals surface area contributed by atoms with Crippen LogP contribution in [0.2, 0.25) is 0 Å². The first-order chi connectivity index (χ1) is 7.93. The lowest BCUT2D eigenvalue weighted by molar-refractivity contribution is -0.240. The number of nitrogens with zero attached hydrogens (tertiary/aromatic N) is 1. The van der Waals surface area contributed by atoms with E-state index in [1.165, 1.54) is 5.70 Å². The molecule has 0 aromatic heterocycles. The highest BCUT2D eigenvalue weighted by Gasteiger charge is 2.31. The van der Waals surface area contributed by atoms with Gasteiger partial charge in [0.2, 0.25) is 0 Å². The normalized spacial score (nSPS) is 35.5. The van der Waals surface area contributed by atoms with Crippen LogP contribution >= 0.6 is 0 Å². The summed E-state index contributed by atoms with van der Waals surface area (Å²) in [5, 5.41) is 0. The van der Waals surface area contributed by atoms with Gasteiger partial charge in [-0.3, -0.25) is 0 Å². The molecule has 0 aromatic rings. The third-order valence-electron chi connectivity index (χ3n) is 3.11. The molecule has 2 atom stereocenters. The Morgan fingerprint density at radius 3 is 2.69 bits per heavy atom. The molecule has 0 spiro atoms. The first-order valence-electron chi connectivity index (χ1n) is 5.82. The number of morpholine rings is 1. The average molecular weight is 227 g/mol. The molecular formula is C11H17NO4. The van der Waals surface area contributed by atoms with Crippen LogP contribution in [0.1, 0.15) is 0 Å². The SMILES string of the molecule is C1=C(N2CCOCC2)CO[C@H]2OCCO[C@@H]12. The van der Waals surface area contributed by atoms with Crippen LogP contribution in [0.3, 0.4) is 0 Å². The van der Waals surface area contributed by atoms with Gasteiger partial charge in [0.05, 0.1) is 33.0 Å². The smallest absolute Gasteiger partial charge is 0.187 e. The molecule has 16 heavy (non-hydrogen) atoms. The van der Waals surface area contributed by atoms with E-state index in [0.29, 0.717) is 19.8 Å². The molecule has 90 valence electrons. The molecule has 2 saturated heterocycles. The summed E-state index contributed by atoms with van der Waals surface area (Å²) in [4.78, 5) is 2.30. The Morgan fingerprint density at radius 2 is 1.81 bits per heavy atom. The molecule has 0 amide bonds. The Morgan fingerprint density at radius 1 is 1.00 bits per heavy atom. The van der Waals surface area contributed by atoms with Gasteiger partial charge in [0.1, 0.15) is 6.10 Å². The van der Waals surface area contributed by atoms with Gasteiger partial charge in [-0.25, -0.2) is 0 Å². The highest BCUT2D eigenvalue weighted by molar-refractivity contribution is 5.10. The fourth-order valence-electron chi connectivity index (χ4n) is 2.24. The van der Waals surface area contributed by atoms with Gasteiger partial charge < -0.3 is 23.8 Å². The number of ether oxygens (including phenoxy) is 4. The van der Waals surface area contributed by atoms with Crippen molar-refractivity contribution in [3.63, 3.8) is 0 Å². The van der Waals surface area contributed by atoms with Gasteiger partial charge >= 0.3 is 0 Å². The number of hydrogen-bond donors (Lipinski definition) is 0. The van der Waals surface area contributed by atoms with Crippen molar-refractivity contribution >= 4 is 0 Å². The van der Waals surface area contributed by atoms with E-state index in [-0.39, 0.29) is 12.4 Å². The first kappa shape index (κ1) is 10.5. The van der Waals surface area contributed by atoms with Gasteiger partial charge in [0, 0.05) is 18.8 Å². The number of rotatable bonds is 1. The minimum Gasteiger partial charge on any atom is -0.378 e. The van der Waals surface area contributed by atoms with E-state index < -0.39 is 0 Å². The third-order valence-corrected chi connectivity index (χ3v) is 3.11. The summed E-state index contributed by atoms with van der Waals surface area (Å²) >= 11 is 0. The summed E-state index contributed by atoms with van der Waals surface area (Å²) in [6, 6.07) is 0. The topological polar surface area (TPSA) is 40.2 Å². The maximum atomic E-state index is 5.65. The van der Waals surface area contributed by atoms with Gasteiger partial charge in [-0.2, -0.15) is 0 Å². The molecule has 0 aliphatic carbocycles. The molecule has 3 heterocycles. The quantitative estimate of drug-likeness (QED) is 0.629. The summed E-state index contributed by atoms with van der Waals surface area (Å²) in [6.45, 7) is 5.36. The lowest BCUT2D eigenvalue weighted by Crippen LogP contribution is -2.46. The monoisotopic (exact) mass is 227 g/mol. The third kappa shape index (κ3) is 2.08. The van der Waals surface area contributed by atoms with Crippen LogP contribution in [0.25, 0.3) is 0 Å². The van der Waals surface area contributed by atoms with Crippen molar-refractivity contribution in [1.82, 2.24) is 4.90 Å². The largest absolute Gasteiger partial charge is 0.378 e. The van der Waals surface area contributed by atoms with E-state index in [1.54, 1.807) is 0 Å². The Labute approximate surface area is 94.9 Å². The number of hydrogen-bond acceptors (Lipinski definition) is 5. The van der Waals surface area contributed by atoms with Crippen molar-refractivity contribution in [3.8, 4) is 0 Å². The van der Waals surface area contributed by atoms with Crippen LogP contribution in [-0.4, -0.2) is 63.4 Å². The van der Waals surface area contributed by atoms with E-state index in [0.717, 1.165) is 26.3 Å². The molecule has 5 nitrogen and oxygen atoms in total. The second kappa shape index (κ2) is 4.71. The minimum atomic E-state index is -0.210. The molecule has 0 bridgehead atoms. The highest BCUT2D eigenvalue weighted by Crippen LogP contribution is 2.22.